The van der Waals surface area contributed by atoms with Gasteiger partial charge in [-0.1, -0.05) is 0 Å². The molecule has 0 aliphatic heterocycles. The summed E-state index contributed by atoms with van der Waals surface area (Å²) in [4.78, 5) is 21.9. The fraction of sp³-hybridized carbons (Fsp3) is 0.0833. The fourth-order valence-electron chi connectivity index (χ4n) is 1.54. The molecule has 0 bridgehead atoms. The number of non-ortho nitro benzene ring substituents is 1. The molecule has 0 fully saturated rings. The van der Waals surface area contributed by atoms with E-state index in [0.717, 1.165) is 5.69 Å². The molecule has 108 valence electrons. The number of nitro benzene ring substituents is 1. The molecular weight excluding hydrogens is 294 g/mol. The van der Waals surface area contributed by atoms with Gasteiger partial charge in [0.15, 0.2) is 10.9 Å². The van der Waals surface area contributed by atoms with Crippen LogP contribution in [-0.2, 0) is 0 Å². The maximum atomic E-state index is 11.9. The summed E-state index contributed by atoms with van der Waals surface area (Å²) in [6, 6.07) is 6.94. The maximum absolute atomic E-state index is 11.9. The molecule has 0 atom stereocenters. The van der Waals surface area contributed by atoms with Gasteiger partial charge in [-0.2, -0.15) is 5.10 Å². The molecule has 1 amide bonds. The monoisotopic (exact) mass is 305 g/mol. The van der Waals surface area contributed by atoms with Gasteiger partial charge in [0.2, 0.25) is 0 Å². The van der Waals surface area contributed by atoms with E-state index < -0.39 is 10.8 Å². The van der Waals surface area contributed by atoms with Crippen molar-refractivity contribution in [1.82, 2.24) is 15.5 Å². The Hall–Kier alpha value is -2.81. The smallest absolute Gasteiger partial charge is 0.269 e. The lowest BCUT2D eigenvalue weighted by Crippen LogP contribution is -2.34. The Morgan fingerprint density at radius 2 is 2.05 bits per heavy atom. The van der Waals surface area contributed by atoms with Gasteiger partial charge < -0.3 is 5.32 Å². The van der Waals surface area contributed by atoms with E-state index in [4.69, 9.17) is 12.2 Å². The molecule has 1 aromatic heterocycles. The lowest BCUT2D eigenvalue weighted by atomic mass is 10.2. The van der Waals surface area contributed by atoms with Gasteiger partial charge in [0.05, 0.1) is 4.92 Å². The second-order valence-electron chi connectivity index (χ2n) is 4.15. The molecule has 0 aliphatic rings. The van der Waals surface area contributed by atoms with Crippen LogP contribution in [0, 0.1) is 17.0 Å². The van der Waals surface area contributed by atoms with Gasteiger partial charge in [0, 0.05) is 29.5 Å². The molecule has 3 N–H and O–H groups in total. The lowest BCUT2D eigenvalue weighted by molar-refractivity contribution is -0.384. The van der Waals surface area contributed by atoms with E-state index in [0.29, 0.717) is 5.82 Å². The van der Waals surface area contributed by atoms with Crippen LogP contribution in [0.3, 0.4) is 0 Å². The largest absolute Gasteiger partial charge is 0.316 e. The number of nitrogens with zero attached hydrogens (tertiary/aromatic N) is 2. The van der Waals surface area contributed by atoms with E-state index in [9.17, 15) is 14.9 Å². The summed E-state index contributed by atoms with van der Waals surface area (Å²) >= 11 is 4.98. The fourth-order valence-corrected chi connectivity index (χ4v) is 1.74. The molecule has 0 radical (unpaired) electrons. The Kier molecular flexibility index (Phi) is 4.24. The summed E-state index contributed by atoms with van der Waals surface area (Å²) in [7, 11) is 0. The van der Waals surface area contributed by atoms with Crippen molar-refractivity contribution in [1.29, 1.82) is 0 Å². The minimum atomic E-state index is -0.534. The third-order valence-electron chi connectivity index (χ3n) is 2.51. The van der Waals surface area contributed by atoms with Gasteiger partial charge in [-0.05, 0) is 31.3 Å². The quantitative estimate of drug-likeness (QED) is 0.452. The second-order valence-corrected chi connectivity index (χ2v) is 4.56. The van der Waals surface area contributed by atoms with Crippen molar-refractivity contribution in [3.8, 4) is 0 Å². The summed E-state index contributed by atoms with van der Waals surface area (Å²) in [5.41, 5.74) is 1.03. The van der Waals surface area contributed by atoms with Crippen LogP contribution in [0.15, 0.2) is 30.3 Å². The number of aromatic amines is 1. The SMILES string of the molecule is Cc1cc(NC(=S)NC(=O)c2ccc([N+](=O)[O-])cc2)n[nH]1. The van der Waals surface area contributed by atoms with E-state index in [-0.39, 0.29) is 16.4 Å². The number of hydrogen-bond acceptors (Lipinski definition) is 5. The Morgan fingerprint density at radius 1 is 1.38 bits per heavy atom. The molecule has 1 aromatic carbocycles. The van der Waals surface area contributed by atoms with E-state index in [1.165, 1.54) is 24.3 Å². The Labute approximate surface area is 124 Å². The first-order valence-electron chi connectivity index (χ1n) is 5.84. The van der Waals surface area contributed by atoms with E-state index in [1.807, 2.05) is 6.92 Å². The predicted molar refractivity (Wildman–Crippen MR) is 80.1 cm³/mol. The number of aromatic nitrogens is 2. The van der Waals surface area contributed by atoms with Crippen molar-refractivity contribution >= 4 is 34.7 Å². The van der Waals surface area contributed by atoms with Gasteiger partial charge in [-0.15, -0.1) is 0 Å². The number of benzene rings is 1. The molecule has 8 nitrogen and oxygen atoms in total. The Morgan fingerprint density at radius 3 is 2.57 bits per heavy atom. The minimum absolute atomic E-state index is 0.0840. The average Bonchev–Trinajstić information content (AvgIpc) is 2.83. The number of carbonyl (C=O) groups excluding carboxylic acids is 1. The first-order chi connectivity index (χ1) is 9.95. The molecule has 0 saturated heterocycles. The highest BCUT2D eigenvalue weighted by molar-refractivity contribution is 7.80. The first kappa shape index (κ1) is 14.6. The maximum Gasteiger partial charge on any atom is 0.269 e. The highest BCUT2D eigenvalue weighted by Crippen LogP contribution is 2.11. The normalized spacial score (nSPS) is 9.95. The molecule has 0 unspecified atom stereocenters. The number of aryl methyl sites for hydroxylation is 1. The van der Waals surface area contributed by atoms with Crippen molar-refractivity contribution in [2.45, 2.75) is 6.92 Å². The number of thiocarbonyl (C=S) groups is 1. The number of H-pyrrole nitrogens is 1. The Balaban J connectivity index is 1.97. The molecule has 0 aliphatic carbocycles. The molecular formula is C12H11N5O3S. The van der Waals surface area contributed by atoms with Crippen LogP contribution in [0.25, 0.3) is 0 Å². The van der Waals surface area contributed by atoms with E-state index in [1.54, 1.807) is 6.07 Å². The van der Waals surface area contributed by atoms with Gasteiger partial charge in [0.1, 0.15) is 0 Å². The van der Waals surface area contributed by atoms with Gasteiger partial charge in [0.25, 0.3) is 11.6 Å². The topological polar surface area (TPSA) is 113 Å². The molecule has 21 heavy (non-hydrogen) atoms. The summed E-state index contributed by atoms with van der Waals surface area (Å²) in [6.07, 6.45) is 0. The number of rotatable bonds is 3. The molecule has 0 spiro atoms. The van der Waals surface area contributed by atoms with E-state index >= 15 is 0 Å². The highest BCUT2D eigenvalue weighted by atomic mass is 32.1. The van der Waals surface area contributed by atoms with Crippen LogP contribution in [0.2, 0.25) is 0 Å². The number of carbonyl (C=O) groups is 1. The lowest BCUT2D eigenvalue weighted by Gasteiger charge is -2.07. The van der Waals surface area contributed by atoms with Crippen molar-refractivity contribution in [3.63, 3.8) is 0 Å². The van der Waals surface area contributed by atoms with Crippen LogP contribution in [-0.4, -0.2) is 26.1 Å². The van der Waals surface area contributed by atoms with Gasteiger partial charge >= 0.3 is 0 Å². The number of nitro groups is 1. The van der Waals surface area contributed by atoms with Crippen molar-refractivity contribution in [3.05, 3.63) is 51.7 Å². The van der Waals surface area contributed by atoms with Crippen LogP contribution in [0.4, 0.5) is 11.5 Å². The zero-order valence-electron chi connectivity index (χ0n) is 10.9. The number of nitrogens with one attached hydrogen (secondary N) is 3. The summed E-state index contributed by atoms with van der Waals surface area (Å²) in [5, 5.41) is 22.5. The summed E-state index contributed by atoms with van der Waals surface area (Å²) < 4.78 is 0. The average molecular weight is 305 g/mol. The minimum Gasteiger partial charge on any atom is -0.316 e. The molecule has 2 rings (SSSR count). The van der Waals surface area contributed by atoms with Crippen LogP contribution in [0.5, 0.6) is 0 Å². The molecule has 2 aromatic rings. The third kappa shape index (κ3) is 3.83. The zero-order valence-corrected chi connectivity index (χ0v) is 11.7. The zero-order chi connectivity index (χ0) is 15.4. The van der Waals surface area contributed by atoms with E-state index in [2.05, 4.69) is 20.8 Å². The molecule has 1 heterocycles. The second kappa shape index (κ2) is 6.09. The van der Waals surface area contributed by atoms with Crippen molar-refractivity contribution < 1.29 is 9.72 Å². The van der Waals surface area contributed by atoms with Crippen molar-refractivity contribution in [2.24, 2.45) is 0 Å². The summed E-state index contributed by atoms with van der Waals surface area (Å²) in [5.74, 6) is 0.0242. The highest BCUT2D eigenvalue weighted by Gasteiger charge is 2.11. The van der Waals surface area contributed by atoms with Crippen LogP contribution in [0.1, 0.15) is 16.1 Å². The number of hydrogen-bond donors (Lipinski definition) is 3. The van der Waals surface area contributed by atoms with Gasteiger partial charge in [-0.3, -0.25) is 25.3 Å². The standard InChI is InChI=1S/C12H11N5O3S/c1-7-6-10(16-15-7)13-12(21)14-11(18)8-2-4-9(5-3-8)17(19)20/h2-6H,1H3,(H3,13,14,15,16,18,21). The van der Waals surface area contributed by atoms with Crippen molar-refractivity contribution in [2.75, 3.05) is 5.32 Å². The predicted octanol–water partition coefficient (Wildman–Crippen LogP) is 1.75. The van der Waals surface area contributed by atoms with Gasteiger partial charge in [-0.25, -0.2) is 0 Å². The molecule has 9 heteroatoms. The van der Waals surface area contributed by atoms with Crippen LogP contribution >= 0.6 is 12.2 Å². The number of amides is 1. The Bertz CT molecular complexity index is 695. The third-order valence-corrected chi connectivity index (χ3v) is 2.72. The summed E-state index contributed by atoms with van der Waals surface area (Å²) in [6.45, 7) is 1.83. The molecule has 0 saturated carbocycles. The number of anilines is 1. The van der Waals surface area contributed by atoms with Crippen LogP contribution < -0.4 is 10.6 Å². The first-order valence-corrected chi connectivity index (χ1v) is 6.25.